The normalized spacial score (nSPS) is 12.6. The molecule has 1 N–H and O–H groups in total. The summed E-state index contributed by atoms with van der Waals surface area (Å²) in [5.41, 5.74) is 4.87. The third kappa shape index (κ3) is 3.44. The lowest BCUT2D eigenvalue weighted by Gasteiger charge is -2.18. The standard InChI is InChI=1S/C22H19N3O2/c1-15-4-6-17(7-5-15)21(26)24-19-9-8-16-10-12-25(20(16)13-19)22(27)18-3-2-11-23-14-18/h2-9,11,13-14H,10,12H2,1H3,(H,24,26). The molecule has 27 heavy (non-hydrogen) atoms. The van der Waals surface area contributed by atoms with Crippen LogP contribution >= 0.6 is 0 Å². The van der Waals surface area contributed by atoms with Crippen LogP contribution < -0.4 is 10.2 Å². The van der Waals surface area contributed by atoms with E-state index in [1.54, 1.807) is 41.6 Å². The highest BCUT2D eigenvalue weighted by atomic mass is 16.2. The summed E-state index contributed by atoms with van der Waals surface area (Å²) in [6, 6.07) is 16.6. The van der Waals surface area contributed by atoms with E-state index in [-0.39, 0.29) is 11.8 Å². The first-order chi connectivity index (χ1) is 13.1. The topological polar surface area (TPSA) is 62.3 Å². The molecule has 0 atom stereocenters. The molecule has 0 saturated heterocycles. The number of carbonyl (C=O) groups is 2. The first kappa shape index (κ1) is 17.0. The fourth-order valence-corrected chi connectivity index (χ4v) is 3.22. The summed E-state index contributed by atoms with van der Waals surface area (Å²) in [5.74, 6) is -0.248. The van der Waals surface area contributed by atoms with Crippen LogP contribution in [0.2, 0.25) is 0 Å². The summed E-state index contributed by atoms with van der Waals surface area (Å²) < 4.78 is 0. The van der Waals surface area contributed by atoms with Gasteiger partial charge in [0.15, 0.2) is 0 Å². The molecule has 1 aliphatic heterocycles. The Morgan fingerprint density at radius 1 is 1.04 bits per heavy atom. The predicted octanol–water partition coefficient (Wildman–Crippen LogP) is 3.85. The van der Waals surface area contributed by atoms with Crippen molar-refractivity contribution in [3.63, 3.8) is 0 Å². The molecule has 2 amide bonds. The second-order valence-corrected chi connectivity index (χ2v) is 6.61. The Kier molecular flexibility index (Phi) is 4.42. The summed E-state index contributed by atoms with van der Waals surface area (Å²) in [6.07, 6.45) is 4.02. The third-order valence-electron chi connectivity index (χ3n) is 4.71. The van der Waals surface area contributed by atoms with Crippen molar-refractivity contribution in [2.45, 2.75) is 13.3 Å². The summed E-state index contributed by atoms with van der Waals surface area (Å²) in [7, 11) is 0. The van der Waals surface area contributed by atoms with Gasteiger partial charge in [0, 0.05) is 35.9 Å². The smallest absolute Gasteiger partial charge is 0.259 e. The molecule has 0 spiro atoms. The monoisotopic (exact) mass is 357 g/mol. The van der Waals surface area contributed by atoms with Crippen LogP contribution in [0.15, 0.2) is 67.0 Å². The van der Waals surface area contributed by atoms with Gasteiger partial charge in [0.25, 0.3) is 11.8 Å². The average Bonchev–Trinajstić information content (AvgIpc) is 3.12. The summed E-state index contributed by atoms with van der Waals surface area (Å²) in [5, 5.41) is 2.92. The predicted molar refractivity (Wildman–Crippen MR) is 105 cm³/mol. The van der Waals surface area contributed by atoms with Gasteiger partial charge in [-0.3, -0.25) is 14.6 Å². The van der Waals surface area contributed by atoms with Gasteiger partial charge >= 0.3 is 0 Å². The van der Waals surface area contributed by atoms with Crippen LogP contribution in [0.4, 0.5) is 11.4 Å². The molecular formula is C22H19N3O2. The first-order valence-corrected chi connectivity index (χ1v) is 8.85. The Bertz CT molecular complexity index is 998. The van der Waals surface area contributed by atoms with Crippen LogP contribution in [0.3, 0.4) is 0 Å². The highest BCUT2D eigenvalue weighted by Gasteiger charge is 2.26. The zero-order chi connectivity index (χ0) is 18.8. The molecule has 0 unspecified atom stereocenters. The molecule has 0 saturated carbocycles. The molecule has 0 bridgehead atoms. The maximum Gasteiger partial charge on any atom is 0.259 e. The van der Waals surface area contributed by atoms with E-state index < -0.39 is 0 Å². The number of aryl methyl sites for hydroxylation is 1. The van der Waals surface area contributed by atoms with E-state index in [0.29, 0.717) is 23.4 Å². The lowest BCUT2D eigenvalue weighted by molar-refractivity contribution is 0.0987. The number of amides is 2. The van der Waals surface area contributed by atoms with Crippen molar-refractivity contribution in [3.8, 4) is 0 Å². The van der Waals surface area contributed by atoms with E-state index in [1.165, 1.54) is 0 Å². The van der Waals surface area contributed by atoms with Crippen LogP contribution in [0, 0.1) is 6.92 Å². The van der Waals surface area contributed by atoms with Gasteiger partial charge < -0.3 is 10.2 Å². The maximum atomic E-state index is 12.8. The lowest BCUT2D eigenvalue weighted by atomic mass is 10.1. The molecule has 3 aromatic rings. The van der Waals surface area contributed by atoms with Gasteiger partial charge in [-0.1, -0.05) is 23.8 Å². The van der Waals surface area contributed by atoms with Crippen molar-refractivity contribution >= 4 is 23.2 Å². The first-order valence-electron chi connectivity index (χ1n) is 8.85. The molecule has 2 heterocycles. The SMILES string of the molecule is Cc1ccc(C(=O)Nc2ccc3c(c2)N(C(=O)c2cccnc2)CC3)cc1. The second-order valence-electron chi connectivity index (χ2n) is 6.61. The zero-order valence-corrected chi connectivity index (χ0v) is 15.0. The maximum absolute atomic E-state index is 12.8. The molecule has 4 rings (SSSR count). The van der Waals surface area contributed by atoms with Gasteiger partial charge in [-0.2, -0.15) is 0 Å². The Hall–Kier alpha value is -3.47. The number of aromatic nitrogens is 1. The van der Waals surface area contributed by atoms with Gasteiger partial charge in [-0.15, -0.1) is 0 Å². The minimum atomic E-state index is -0.168. The number of nitrogens with one attached hydrogen (secondary N) is 1. The third-order valence-corrected chi connectivity index (χ3v) is 4.71. The number of fused-ring (bicyclic) bond motifs is 1. The average molecular weight is 357 g/mol. The van der Waals surface area contributed by atoms with Crippen LogP contribution in [-0.2, 0) is 6.42 Å². The zero-order valence-electron chi connectivity index (χ0n) is 15.0. The molecule has 134 valence electrons. The van der Waals surface area contributed by atoms with Crippen LogP contribution in [0.1, 0.15) is 31.8 Å². The molecule has 2 aromatic carbocycles. The van der Waals surface area contributed by atoms with Crippen molar-refractivity contribution in [2.24, 2.45) is 0 Å². The second kappa shape index (κ2) is 7.03. The summed E-state index contributed by atoms with van der Waals surface area (Å²) >= 11 is 0. The van der Waals surface area contributed by atoms with Crippen molar-refractivity contribution in [1.29, 1.82) is 0 Å². The number of benzene rings is 2. The van der Waals surface area contributed by atoms with E-state index in [2.05, 4.69) is 10.3 Å². The van der Waals surface area contributed by atoms with Crippen molar-refractivity contribution in [3.05, 3.63) is 89.2 Å². The minimum absolute atomic E-state index is 0.0798. The van der Waals surface area contributed by atoms with E-state index >= 15 is 0 Å². The number of nitrogens with zero attached hydrogens (tertiary/aromatic N) is 2. The van der Waals surface area contributed by atoms with Crippen LogP contribution in [0.25, 0.3) is 0 Å². The number of carbonyl (C=O) groups excluding carboxylic acids is 2. The van der Waals surface area contributed by atoms with E-state index in [9.17, 15) is 9.59 Å². The van der Waals surface area contributed by atoms with Gasteiger partial charge in [0.2, 0.25) is 0 Å². The number of hydrogen-bond donors (Lipinski definition) is 1. The highest BCUT2D eigenvalue weighted by molar-refractivity contribution is 6.08. The van der Waals surface area contributed by atoms with Gasteiger partial charge in [0.05, 0.1) is 5.56 Å². The van der Waals surface area contributed by atoms with E-state index in [0.717, 1.165) is 23.2 Å². The Morgan fingerprint density at radius 2 is 1.85 bits per heavy atom. The minimum Gasteiger partial charge on any atom is -0.322 e. The molecule has 0 fully saturated rings. The molecule has 5 nitrogen and oxygen atoms in total. The van der Waals surface area contributed by atoms with Crippen LogP contribution in [0.5, 0.6) is 0 Å². The molecule has 1 aromatic heterocycles. The largest absolute Gasteiger partial charge is 0.322 e. The lowest BCUT2D eigenvalue weighted by Crippen LogP contribution is -2.29. The number of pyridine rings is 1. The van der Waals surface area contributed by atoms with Crippen molar-refractivity contribution in [2.75, 3.05) is 16.8 Å². The molecule has 0 aliphatic carbocycles. The molecular weight excluding hydrogens is 338 g/mol. The van der Waals surface area contributed by atoms with Gasteiger partial charge in [0.1, 0.15) is 0 Å². The number of rotatable bonds is 3. The van der Waals surface area contributed by atoms with E-state index in [4.69, 9.17) is 0 Å². The van der Waals surface area contributed by atoms with Crippen LogP contribution in [-0.4, -0.2) is 23.3 Å². The molecule has 0 radical (unpaired) electrons. The van der Waals surface area contributed by atoms with Crippen molar-refractivity contribution < 1.29 is 9.59 Å². The number of hydrogen-bond acceptors (Lipinski definition) is 3. The molecule has 5 heteroatoms. The quantitative estimate of drug-likeness (QED) is 0.774. The Balaban J connectivity index is 1.57. The van der Waals surface area contributed by atoms with Crippen molar-refractivity contribution in [1.82, 2.24) is 4.98 Å². The fourth-order valence-electron chi connectivity index (χ4n) is 3.22. The van der Waals surface area contributed by atoms with E-state index in [1.807, 2.05) is 37.3 Å². The Labute approximate surface area is 157 Å². The summed E-state index contributed by atoms with van der Waals surface area (Å²) in [4.78, 5) is 31.0. The highest BCUT2D eigenvalue weighted by Crippen LogP contribution is 2.32. The molecule has 1 aliphatic rings. The van der Waals surface area contributed by atoms with Gasteiger partial charge in [-0.05, 0) is 55.3 Å². The number of anilines is 2. The van der Waals surface area contributed by atoms with Gasteiger partial charge in [-0.25, -0.2) is 0 Å². The Morgan fingerprint density at radius 3 is 2.59 bits per heavy atom. The summed E-state index contributed by atoms with van der Waals surface area (Å²) in [6.45, 7) is 2.61. The fraction of sp³-hybridized carbons (Fsp3) is 0.136.